The molecule has 0 aliphatic carbocycles. The van der Waals surface area contributed by atoms with Crippen LogP contribution in [0.25, 0.3) is 0 Å². The molecule has 1 saturated heterocycles. The number of aromatic nitrogens is 2. The number of aromatic amines is 1. The van der Waals surface area contributed by atoms with E-state index < -0.39 is 10.0 Å². The van der Waals surface area contributed by atoms with Crippen molar-refractivity contribution in [3.05, 3.63) is 12.3 Å². The first-order valence-electron chi connectivity index (χ1n) is 5.83. The highest BCUT2D eigenvalue weighted by Crippen LogP contribution is 2.25. The number of hydrogen-bond acceptors (Lipinski definition) is 5. The third kappa shape index (κ3) is 2.41. The predicted molar refractivity (Wildman–Crippen MR) is 65.4 cm³/mol. The zero-order valence-corrected chi connectivity index (χ0v) is 11.1. The van der Waals surface area contributed by atoms with Gasteiger partial charge in [0.15, 0.2) is 5.03 Å². The number of piperidine rings is 1. The van der Waals surface area contributed by atoms with Crippen LogP contribution >= 0.6 is 0 Å². The number of hydrogen-bond donors (Lipinski definition) is 2. The molecule has 2 atom stereocenters. The Morgan fingerprint density at radius 3 is 3.00 bits per heavy atom. The van der Waals surface area contributed by atoms with Crippen molar-refractivity contribution in [3.8, 4) is 0 Å². The van der Waals surface area contributed by atoms with E-state index in [2.05, 4.69) is 10.2 Å². The van der Waals surface area contributed by atoms with Crippen molar-refractivity contribution in [2.75, 3.05) is 20.2 Å². The molecule has 102 valence electrons. The van der Waals surface area contributed by atoms with Crippen molar-refractivity contribution >= 4 is 10.0 Å². The molecule has 2 rings (SSSR count). The zero-order chi connectivity index (χ0) is 13.2. The lowest BCUT2D eigenvalue weighted by molar-refractivity contribution is 0.0401. The highest BCUT2D eigenvalue weighted by atomic mass is 32.2. The van der Waals surface area contributed by atoms with Gasteiger partial charge in [0.1, 0.15) is 0 Å². The van der Waals surface area contributed by atoms with Gasteiger partial charge in [0.05, 0.1) is 12.3 Å². The van der Waals surface area contributed by atoms with E-state index in [1.54, 1.807) is 7.11 Å². The van der Waals surface area contributed by atoms with E-state index in [0.717, 1.165) is 0 Å². The Morgan fingerprint density at radius 1 is 1.67 bits per heavy atom. The maximum absolute atomic E-state index is 12.4. The van der Waals surface area contributed by atoms with Crippen LogP contribution in [0.4, 0.5) is 0 Å². The van der Waals surface area contributed by atoms with Gasteiger partial charge < -0.3 is 10.5 Å². The largest absolute Gasteiger partial charge is 0.381 e. The van der Waals surface area contributed by atoms with Crippen LogP contribution in [0.15, 0.2) is 17.3 Å². The molecule has 0 saturated carbocycles. The van der Waals surface area contributed by atoms with Crippen molar-refractivity contribution in [2.24, 2.45) is 5.73 Å². The average molecular weight is 274 g/mol. The number of sulfonamides is 1. The number of ether oxygens (including phenoxy) is 1. The van der Waals surface area contributed by atoms with Crippen molar-refractivity contribution in [2.45, 2.75) is 30.0 Å². The Kier molecular flexibility index (Phi) is 4.00. The maximum Gasteiger partial charge on any atom is 0.260 e. The molecular weight excluding hydrogens is 256 g/mol. The first-order valence-corrected chi connectivity index (χ1v) is 7.27. The van der Waals surface area contributed by atoms with E-state index in [-0.39, 0.29) is 23.7 Å². The summed E-state index contributed by atoms with van der Waals surface area (Å²) in [4.78, 5) is 0. The summed E-state index contributed by atoms with van der Waals surface area (Å²) < 4.78 is 31.5. The molecule has 0 bridgehead atoms. The van der Waals surface area contributed by atoms with Crippen molar-refractivity contribution in [1.29, 1.82) is 0 Å². The molecule has 0 amide bonds. The van der Waals surface area contributed by atoms with Gasteiger partial charge in [-0.2, -0.15) is 9.40 Å². The summed E-state index contributed by atoms with van der Waals surface area (Å²) in [6.45, 7) is 0.703. The van der Waals surface area contributed by atoms with Gasteiger partial charge in [-0.1, -0.05) is 0 Å². The molecule has 1 aliphatic rings. The van der Waals surface area contributed by atoms with Crippen LogP contribution in [0.3, 0.4) is 0 Å². The number of rotatable bonds is 4. The fraction of sp³-hybridized carbons (Fsp3) is 0.700. The molecule has 8 heteroatoms. The number of H-pyrrole nitrogens is 1. The SMILES string of the molecule is COC1CCN(S(=O)(=O)c2ccn[nH]2)C(CN)C1. The predicted octanol–water partition coefficient (Wildman–Crippen LogP) is -0.463. The fourth-order valence-electron chi connectivity index (χ4n) is 2.25. The molecule has 2 heterocycles. The minimum absolute atomic E-state index is 0.0757. The lowest BCUT2D eigenvalue weighted by atomic mass is 10.0. The summed E-state index contributed by atoms with van der Waals surface area (Å²) in [5, 5.41) is 6.28. The number of nitrogens with two attached hydrogens (primary N) is 1. The maximum atomic E-state index is 12.4. The normalized spacial score (nSPS) is 26.3. The van der Waals surface area contributed by atoms with E-state index in [1.807, 2.05) is 0 Å². The lowest BCUT2D eigenvalue weighted by Gasteiger charge is -2.36. The highest BCUT2D eigenvalue weighted by Gasteiger charge is 2.36. The Hall–Kier alpha value is -0.960. The van der Waals surface area contributed by atoms with Crippen molar-refractivity contribution in [1.82, 2.24) is 14.5 Å². The second-order valence-electron chi connectivity index (χ2n) is 4.31. The Balaban J connectivity index is 2.22. The smallest absolute Gasteiger partial charge is 0.260 e. The molecule has 18 heavy (non-hydrogen) atoms. The number of nitrogens with one attached hydrogen (secondary N) is 1. The average Bonchev–Trinajstić information content (AvgIpc) is 2.92. The second kappa shape index (κ2) is 5.35. The first kappa shape index (κ1) is 13.5. The van der Waals surface area contributed by atoms with E-state index in [0.29, 0.717) is 19.4 Å². The van der Waals surface area contributed by atoms with E-state index >= 15 is 0 Å². The van der Waals surface area contributed by atoms with Crippen LogP contribution < -0.4 is 5.73 Å². The molecule has 2 unspecified atom stereocenters. The van der Waals surface area contributed by atoms with Gasteiger partial charge >= 0.3 is 0 Å². The Bertz CT molecular complexity index is 473. The van der Waals surface area contributed by atoms with Gasteiger partial charge in [-0.3, -0.25) is 5.10 Å². The minimum Gasteiger partial charge on any atom is -0.381 e. The van der Waals surface area contributed by atoms with Crippen LogP contribution in [0.2, 0.25) is 0 Å². The van der Waals surface area contributed by atoms with Crippen LogP contribution in [0, 0.1) is 0 Å². The van der Waals surface area contributed by atoms with Crippen LogP contribution in [-0.4, -0.2) is 55.3 Å². The van der Waals surface area contributed by atoms with Gasteiger partial charge in [-0.15, -0.1) is 0 Å². The molecule has 3 N–H and O–H groups in total. The standard InChI is InChI=1S/C10H18N4O3S/c1-17-9-3-5-14(8(6-9)7-11)18(15,16)10-2-4-12-13-10/h2,4,8-9H,3,5-7,11H2,1H3,(H,12,13). The first-order chi connectivity index (χ1) is 8.59. The van der Waals surface area contributed by atoms with E-state index in [9.17, 15) is 8.42 Å². The van der Waals surface area contributed by atoms with Gasteiger partial charge in [0.25, 0.3) is 10.0 Å². The molecular formula is C10H18N4O3S. The van der Waals surface area contributed by atoms with Gasteiger partial charge in [-0.25, -0.2) is 8.42 Å². The minimum atomic E-state index is -3.53. The summed E-state index contributed by atoms with van der Waals surface area (Å²) in [5.41, 5.74) is 5.67. The Labute approximate surface area is 106 Å². The number of nitrogens with zero attached hydrogens (tertiary/aromatic N) is 2. The third-order valence-corrected chi connectivity index (χ3v) is 5.16. The molecule has 0 aromatic carbocycles. The molecule has 0 spiro atoms. The van der Waals surface area contributed by atoms with E-state index in [4.69, 9.17) is 10.5 Å². The quantitative estimate of drug-likeness (QED) is 0.773. The van der Waals surface area contributed by atoms with E-state index in [1.165, 1.54) is 16.6 Å². The third-order valence-electron chi connectivity index (χ3n) is 3.28. The molecule has 1 aliphatic heterocycles. The van der Waals surface area contributed by atoms with Crippen LogP contribution in [-0.2, 0) is 14.8 Å². The zero-order valence-electron chi connectivity index (χ0n) is 10.2. The molecule has 7 nitrogen and oxygen atoms in total. The highest BCUT2D eigenvalue weighted by molar-refractivity contribution is 7.89. The van der Waals surface area contributed by atoms with Gasteiger partial charge in [0, 0.05) is 26.2 Å². The summed E-state index contributed by atoms with van der Waals surface area (Å²) in [7, 11) is -1.90. The molecule has 1 aromatic rings. The Morgan fingerprint density at radius 2 is 2.44 bits per heavy atom. The van der Waals surface area contributed by atoms with Crippen LogP contribution in [0.1, 0.15) is 12.8 Å². The van der Waals surface area contributed by atoms with Crippen molar-refractivity contribution < 1.29 is 13.2 Å². The summed E-state index contributed by atoms with van der Waals surface area (Å²) in [5.74, 6) is 0. The van der Waals surface area contributed by atoms with Gasteiger partial charge in [-0.05, 0) is 18.9 Å². The molecule has 1 fully saturated rings. The summed E-state index contributed by atoms with van der Waals surface area (Å²) >= 11 is 0. The summed E-state index contributed by atoms with van der Waals surface area (Å²) in [6.07, 6.45) is 2.80. The molecule has 1 aromatic heterocycles. The van der Waals surface area contributed by atoms with Crippen LogP contribution in [0.5, 0.6) is 0 Å². The molecule has 0 radical (unpaired) electrons. The summed E-state index contributed by atoms with van der Waals surface area (Å²) in [6, 6.07) is 1.22. The number of methoxy groups -OCH3 is 1. The monoisotopic (exact) mass is 274 g/mol. The van der Waals surface area contributed by atoms with Gasteiger partial charge in [0.2, 0.25) is 0 Å². The topological polar surface area (TPSA) is 101 Å². The fourth-order valence-corrected chi connectivity index (χ4v) is 3.81. The second-order valence-corrected chi connectivity index (χ2v) is 6.17. The lowest BCUT2D eigenvalue weighted by Crippen LogP contribution is -2.51. The van der Waals surface area contributed by atoms with Crippen molar-refractivity contribution in [3.63, 3.8) is 0 Å².